The van der Waals surface area contributed by atoms with E-state index in [2.05, 4.69) is 10.6 Å². The molecule has 0 bridgehead atoms. The number of nitrogens with one attached hydrogen (secondary N) is 2. The zero-order chi connectivity index (χ0) is 18.5. The zero-order valence-electron chi connectivity index (χ0n) is 14.6. The van der Waals surface area contributed by atoms with Gasteiger partial charge in [0.1, 0.15) is 0 Å². The molecule has 0 spiro atoms. The molecule has 0 atom stereocenters. The summed E-state index contributed by atoms with van der Waals surface area (Å²) in [6, 6.07) is 15.3. The van der Waals surface area contributed by atoms with Crippen LogP contribution >= 0.6 is 11.8 Å². The number of para-hydroxylation sites is 1. The van der Waals surface area contributed by atoms with E-state index in [1.165, 1.54) is 11.8 Å². The summed E-state index contributed by atoms with van der Waals surface area (Å²) < 4.78 is 6.47. The number of rotatable bonds is 6. The molecule has 0 radical (unpaired) electrons. The fraction of sp³-hybridized carbons (Fsp3) is 0.211. The van der Waals surface area contributed by atoms with Gasteiger partial charge in [0.15, 0.2) is 0 Å². The summed E-state index contributed by atoms with van der Waals surface area (Å²) in [4.78, 5) is 24.1. The van der Waals surface area contributed by atoms with Crippen LogP contribution < -0.4 is 15.6 Å². The Morgan fingerprint density at radius 1 is 1.19 bits per heavy atom. The number of aromatic nitrogens is 2. The Morgan fingerprint density at radius 2 is 1.96 bits per heavy atom. The van der Waals surface area contributed by atoms with E-state index in [0.29, 0.717) is 10.8 Å². The van der Waals surface area contributed by atoms with Crippen LogP contribution in [-0.2, 0) is 4.79 Å². The largest absolute Gasteiger partial charge is 0.442 e. The average molecular weight is 370 g/mol. The maximum Gasteiger partial charge on any atom is 0.442 e. The highest BCUT2D eigenvalue weighted by atomic mass is 32.2. The number of hydrogen-bond donors (Lipinski definition) is 2. The van der Waals surface area contributed by atoms with Gasteiger partial charge < -0.3 is 5.32 Å². The minimum absolute atomic E-state index is 0.0858. The van der Waals surface area contributed by atoms with Crippen molar-refractivity contribution in [2.75, 3.05) is 11.1 Å². The smallest absolute Gasteiger partial charge is 0.326 e. The van der Waals surface area contributed by atoms with Crippen LogP contribution in [0.4, 0.5) is 5.69 Å². The van der Waals surface area contributed by atoms with E-state index in [1.807, 2.05) is 62.4 Å². The molecule has 1 aromatic heterocycles. The first kappa shape index (κ1) is 18.0. The van der Waals surface area contributed by atoms with Crippen molar-refractivity contribution in [2.24, 2.45) is 0 Å². The molecule has 6 nitrogen and oxygen atoms in total. The van der Waals surface area contributed by atoms with Crippen LogP contribution in [0.1, 0.15) is 17.5 Å². The van der Waals surface area contributed by atoms with Crippen molar-refractivity contribution >= 4 is 23.4 Å². The van der Waals surface area contributed by atoms with E-state index in [1.54, 1.807) is 4.68 Å². The second-order valence-corrected chi connectivity index (χ2v) is 7.01. The van der Waals surface area contributed by atoms with E-state index in [4.69, 9.17) is 4.52 Å². The number of H-pyrrole nitrogens is 1. The molecule has 1 amide bonds. The highest BCUT2D eigenvalue weighted by Gasteiger charge is 2.23. The lowest BCUT2D eigenvalue weighted by Gasteiger charge is -2.08. The molecule has 0 saturated heterocycles. The van der Waals surface area contributed by atoms with Crippen molar-refractivity contribution in [3.8, 4) is 5.69 Å². The van der Waals surface area contributed by atoms with Crippen LogP contribution in [0, 0.1) is 13.8 Å². The third-order valence-corrected chi connectivity index (χ3v) is 4.89. The van der Waals surface area contributed by atoms with Gasteiger partial charge in [0.2, 0.25) is 11.6 Å². The summed E-state index contributed by atoms with van der Waals surface area (Å²) in [5, 5.41) is 5.93. The summed E-state index contributed by atoms with van der Waals surface area (Å²) >= 11 is 1.29. The molecule has 1 heterocycles. The van der Waals surface area contributed by atoms with Gasteiger partial charge in [-0.2, -0.15) is 0 Å². The number of aryl methyl sites for hydroxylation is 2. The van der Waals surface area contributed by atoms with E-state index in [0.717, 1.165) is 22.5 Å². The van der Waals surface area contributed by atoms with Crippen molar-refractivity contribution in [3.05, 3.63) is 70.1 Å². The van der Waals surface area contributed by atoms with Crippen LogP contribution in [0.3, 0.4) is 0 Å². The molecule has 0 saturated carbocycles. The van der Waals surface area contributed by atoms with E-state index in [9.17, 15) is 9.59 Å². The van der Waals surface area contributed by atoms with Gasteiger partial charge in [-0.1, -0.05) is 30.3 Å². The van der Waals surface area contributed by atoms with Gasteiger partial charge in [0, 0.05) is 30.0 Å². The average Bonchev–Trinajstić information content (AvgIpc) is 3.00. The second kappa shape index (κ2) is 8.05. The molecule has 3 rings (SSSR count). The lowest BCUT2D eigenvalue weighted by atomic mass is 10.1. The molecule has 0 aliphatic heterocycles. The van der Waals surface area contributed by atoms with Crippen molar-refractivity contribution in [1.29, 1.82) is 0 Å². The van der Waals surface area contributed by atoms with Gasteiger partial charge in [-0.3, -0.25) is 9.32 Å². The van der Waals surface area contributed by atoms with Crippen LogP contribution in [0.2, 0.25) is 0 Å². The summed E-state index contributed by atoms with van der Waals surface area (Å²) in [6.45, 7) is 3.94. The van der Waals surface area contributed by atoms with Gasteiger partial charge in [-0.05, 0) is 52.8 Å². The number of hydrogen-bond acceptors (Lipinski definition) is 4. The first-order valence-corrected chi connectivity index (χ1v) is 9.22. The van der Waals surface area contributed by atoms with Gasteiger partial charge in [0.05, 0.1) is 0 Å². The Bertz CT molecular complexity index is 964. The van der Waals surface area contributed by atoms with Crippen LogP contribution in [0.5, 0.6) is 0 Å². The number of nitrogens with zero attached hydrogens (tertiary/aromatic N) is 1. The van der Waals surface area contributed by atoms with Crippen LogP contribution in [0.15, 0.2) is 62.9 Å². The topological polar surface area (TPSA) is 79.0 Å². The Balaban J connectivity index is 1.62. The van der Waals surface area contributed by atoms with E-state index < -0.39 is 5.63 Å². The molecule has 0 fully saturated rings. The third kappa shape index (κ3) is 4.23. The zero-order valence-corrected chi connectivity index (χ0v) is 15.4. The number of anilines is 1. The maximum absolute atomic E-state index is 12.2. The summed E-state index contributed by atoms with van der Waals surface area (Å²) in [7, 11) is 0. The lowest BCUT2D eigenvalue weighted by Crippen LogP contribution is -2.36. The molecular formula is C19H20N3O3S+. The Hall–Kier alpha value is -2.80. The standard InChI is InChI=1S/C19H19N3O3S/c1-13-8-9-14(2)16(12-13)20-17(23)10-11-26-18-19(24)25-21-22(18)15-6-4-3-5-7-15/h3-9,12H,10-11H2,1-2H3,(H-,20,21,23,24)/p+1. The van der Waals surface area contributed by atoms with Crippen molar-refractivity contribution in [1.82, 2.24) is 5.27 Å². The minimum Gasteiger partial charge on any atom is -0.326 e. The molecule has 0 unspecified atom stereocenters. The highest BCUT2D eigenvalue weighted by Crippen LogP contribution is 2.18. The first-order chi connectivity index (χ1) is 12.5. The van der Waals surface area contributed by atoms with Gasteiger partial charge in [0.25, 0.3) is 0 Å². The molecule has 0 aliphatic rings. The Kier molecular flexibility index (Phi) is 5.58. The van der Waals surface area contributed by atoms with Crippen molar-refractivity contribution in [2.45, 2.75) is 25.3 Å². The van der Waals surface area contributed by atoms with Gasteiger partial charge >= 0.3 is 10.7 Å². The SMILES string of the molecule is Cc1ccc(C)c(NC(=O)CCSc2c(=O)o[nH][n+]2-c2ccccc2)c1. The van der Waals surface area contributed by atoms with E-state index in [-0.39, 0.29) is 12.3 Å². The summed E-state index contributed by atoms with van der Waals surface area (Å²) in [5.74, 6) is 0.379. The number of benzene rings is 2. The maximum atomic E-state index is 12.2. The van der Waals surface area contributed by atoms with Crippen molar-refractivity contribution < 1.29 is 14.0 Å². The predicted octanol–water partition coefficient (Wildman–Crippen LogP) is 2.98. The quantitative estimate of drug-likeness (QED) is 0.516. The summed E-state index contributed by atoms with van der Waals surface area (Å²) in [6.07, 6.45) is 0.289. The summed E-state index contributed by atoms with van der Waals surface area (Å²) in [5.41, 5.74) is 3.27. The van der Waals surface area contributed by atoms with Crippen LogP contribution in [-0.4, -0.2) is 16.9 Å². The fourth-order valence-electron chi connectivity index (χ4n) is 2.46. The van der Waals surface area contributed by atoms with Gasteiger partial charge in [-0.15, -0.1) is 0 Å². The minimum atomic E-state index is -0.450. The molecule has 26 heavy (non-hydrogen) atoms. The highest BCUT2D eigenvalue weighted by molar-refractivity contribution is 7.99. The lowest BCUT2D eigenvalue weighted by molar-refractivity contribution is -0.704. The number of aromatic amines is 1. The molecule has 3 aromatic rings. The molecule has 134 valence electrons. The molecule has 0 aliphatic carbocycles. The van der Waals surface area contributed by atoms with Crippen LogP contribution in [0.25, 0.3) is 5.69 Å². The predicted molar refractivity (Wildman–Crippen MR) is 101 cm³/mol. The number of thioether (sulfide) groups is 1. The molecule has 2 aromatic carbocycles. The normalized spacial score (nSPS) is 10.7. The molecular weight excluding hydrogens is 350 g/mol. The van der Waals surface area contributed by atoms with Gasteiger partial charge in [-0.25, -0.2) is 4.79 Å². The molecule has 7 heteroatoms. The molecule has 2 N–H and O–H groups in total. The Morgan fingerprint density at radius 3 is 2.73 bits per heavy atom. The first-order valence-electron chi connectivity index (χ1n) is 8.23. The third-order valence-electron chi connectivity index (χ3n) is 3.86. The second-order valence-electron chi connectivity index (χ2n) is 5.92. The number of carbonyl (C=O) groups excluding carboxylic acids is 1. The number of amides is 1. The Labute approximate surface area is 155 Å². The fourth-order valence-corrected chi connectivity index (χ4v) is 3.37. The number of carbonyl (C=O) groups is 1. The van der Waals surface area contributed by atoms with E-state index >= 15 is 0 Å². The van der Waals surface area contributed by atoms with Crippen molar-refractivity contribution in [3.63, 3.8) is 0 Å². The monoisotopic (exact) mass is 370 g/mol.